The molecule has 0 atom stereocenters. The Morgan fingerprint density at radius 2 is 1.68 bits per heavy atom. The zero-order valence-electron chi connectivity index (χ0n) is 14.8. The van der Waals surface area contributed by atoms with Crippen LogP contribution in [0.3, 0.4) is 0 Å². The Balaban J connectivity index is 2.26. The lowest BCUT2D eigenvalue weighted by molar-refractivity contribution is 0.0599. The van der Waals surface area contributed by atoms with E-state index in [1.54, 1.807) is 12.1 Å². The largest absolute Gasteiger partial charge is 0.465 e. The Bertz CT molecular complexity index is 701. The number of benzene rings is 1. The fourth-order valence-electron chi connectivity index (χ4n) is 2.38. The molecule has 134 valence electrons. The van der Waals surface area contributed by atoms with Crippen LogP contribution >= 0.6 is 0 Å². The van der Waals surface area contributed by atoms with E-state index < -0.39 is 11.9 Å². The van der Waals surface area contributed by atoms with Crippen molar-refractivity contribution in [3.05, 3.63) is 47.2 Å². The molecule has 0 fully saturated rings. The molecule has 1 aromatic heterocycles. The first-order chi connectivity index (χ1) is 12.1. The Labute approximate surface area is 147 Å². The number of ether oxygens (including phenoxy) is 2. The summed E-state index contributed by atoms with van der Waals surface area (Å²) in [5.74, 6) is 0.303. The molecule has 2 rings (SSSR count). The van der Waals surface area contributed by atoms with Crippen LogP contribution in [0, 0.1) is 0 Å². The van der Waals surface area contributed by atoms with Gasteiger partial charge in [-0.15, -0.1) is 0 Å². The second kappa shape index (κ2) is 9.03. The highest BCUT2D eigenvalue weighted by atomic mass is 16.5. The van der Waals surface area contributed by atoms with Crippen LogP contribution in [0.15, 0.2) is 34.7 Å². The van der Waals surface area contributed by atoms with E-state index in [0.29, 0.717) is 17.9 Å². The molecule has 1 heterocycles. The molecule has 25 heavy (non-hydrogen) atoms. The predicted octanol–water partition coefficient (Wildman–Crippen LogP) is 3.41. The third-order valence-corrected chi connectivity index (χ3v) is 3.73. The minimum absolute atomic E-state index is 0.263. The van der Waals surface area contributed by atoms with Gasteiger partial charge in [0.25, 0.3) is 0 Å². The van der Waals surface area contributed by atoms with Gasteiger partial charge in [0.2, 0.25) is 0 Å². The van der Waals surface area contributed by atoms with Crippen molar-refractivity contribution in [3.8, 4) is 11.3 Å². The van der Waals surface area contributed by atoms with Gasteiger partial charge >= 0.3 is 11.9 Å². The average Bonchev–Trinajstić information content (AvgIpc) is 3.12. The van der Waals surface area contributed by atoms with Crippen molar-refractivity contribution in [3.63, 3.8) is 0 Å². The van der Waals surface area contributed by atoms with E-state index in [9.17, 15) is 9.59 Å². The van der Waals surface area contributed by atoms with Gasteiger partial charge in [0.1, 0.15) is 11.5 Å². The molecule has 0 saturated heterocycles. The van der Waals surface area contributed by atoms with Gasteiger partial charge in [0, 0.05) is 5.56 Å². The second-order valence-corrected chi connectivity index (χ2v) is 5.58. The van der Waals surface area contributed by atoms with Crippen LogP contribution in [0.5, 0.6) is 0 Å². The van der Waals surface area contributed by atoms with Crippen molar-refractivity contribution in [1.29, 1.82) is 0 Å². The summed E-state index contributed by atoms with van der Waals surface area (Å²) in [4.78, 5) is 23.7. The number of hydrogen-bond donors (Lipinski definition) is 1. The molecule has 0 saturated carbocycles. The van der Waals surface area contributed by atoms with Crippen LogP contribution in [0.2, 0.25) is 0 Å². The lowest BCUT2D eigenvalue weighted by atomic mass is 10.0. The van der Waals surface area contributed by atoms with Crippen molar-refractivity contribution in [2.24, 2.45) is 0 Å². The van der Waals surface area contributed by atoms with Gasteiger partial charge in [-0.3, -0.25) is 0 Å². The number of furan rings is 1. The Morgan fingerprint density at radius 1 is 1.04 bits per heavy atom. The van der Waals surface area contributed by atoms with Gasteiger partial charge in [-0.2, -0.15) is 0 Å². The maximum atomic E-state index is 11.9. The van der Waals surface area contributed by atoms with Gasteiger partial charge in [0.05, 0.1) is 31.9 Å². The summed E-state index contributed by atoms with van der Waals surface area (Å²) >= 11 is 0. The SMILES string of the molecule is CCCCNCc1ccc(-c2cc(C(=O)OC)cc(C(=O)OC)c2)o1. The molecule has 0 aliphatic carbocycles. The lowest BCUT2D eigenvalue weighted by Gasteiger charge is -2.06. The molecule has 1 N–H and O–H groups in total. The minimum atomic E-state index is -0.528. The summed E-state index contributed by atoms with van der Waals surface area (Å²) in [6.07, 6.45) is 2.24. The van der Waals surface area contributed by atoms with Gasteiger partial charge in [0.15, 0.2) is 0 Å². The Morgan fingerprint density at radius 3 is 2.24 bits per heavy atom. The summed E-state index contributed by atoms with van der Waals surface area (Å²) in [5.41, 5.74) is 1.14. The number of carbonyl (C=O) groups is 2. The van der Waals surface area contributed by atoms with Crippen molar-refractivity contribution < 1.29 is 23.5 Å². The topological polar surface area (TPSA) is 77.8 Å². The monoisotopic (exact) mass is 345 g/mol. The van der Waals surface area contributed by atoms with Crippen LogP contribution in [0.4, 0.5) is 0 Å². The van der Waals surface area contributed by atoms with E-state index in [0.717, 1.165) is 25.1 Å². The summed E-state index contributed by atoms with van der Waals surface area (Å²) in [7, 11) is 2.58. The van der Waals surface area contributed by atoms with Gasteiger partial charge in [-0.25, -0.2) is 9.59 Å². The molecular formula is C19H23NO5. The molecule has 0 radical (unpaired) electrons. The van der Waals surface area contributed by atoms with Crippen molar-refractivity contribution in [1.82, 2.24) is 5.32 Å². The maximum Gasteiger partial charge on any atom is 0.337 e. The first-order valence-corrected chi connectivity index (χ1v) is 8.20. The maximum absolute atomic E-state index is 11.9. The number of hydrogen-bond acceptors (Lipinski definition) is 6. The van der Waals surface area contributed by atoms with Gasteiger partial charge in [-0.1, -0.05) is 13.3 Å². The first kappa shape index (κ1) is 18.7. The molecular weight excluding hydrogens is 322 g/mol. The summed E-state index contributed by atoms with van der Waals surface area (Å²) in [6, 6.07) is 8.39. The molecule has 0 spiro atoms. The van der Waals surface area contributed by atoms with E-state index in [1.165, 1.54) is 20.3 Å². The Kier molecular flexibility index (Phi) is 6.77. The van der Waals surface area contributed by atoms with E-state index >= 15 is 0 Å². The highest BCUT2D eigenvalue weighted by Crippen LogP contribution is 2.25. The summed E-state index contributed by atoms with van der Waals surface area (Å²) < 4.78 is 15.3. The third kappa shape index (κ3) is 4.93. The van der Waals surface area contributed by atoms with Crippen LogP contribution in [0.25, 0.3) is 11.3 Å². The standard InChI is InChI=1S/C19H23NO5/c1-4-5-8-20-12-16-6-7-17(25-16)13-9-14(18(21)23-2)11-15(10-13)19(22)24-3/h6-7,9-11,20H,4-5,8,12H2,1-3H3. The fourth-order valence-corrected chi connectivity index (χ4v) is 2.38. The van der Waals surface area contributed by atoms with Crippen LogP contribution in [0.1, 0.15) is 46.2 Å². The highest BCUT2D eigenvalue weighted by Gasteiger charge is 2.16. The number of carbonyl (C=O) groups excluding carboxylic acids is 2. The number of esters is 2. The zero-order chi connectivity index (χ0) is 18.2. The van der Waals surface area contributed by atoms with Crippen molar-refractivity contribution >= 4 is 11.9 Å². The predicted molar refractivity (Wildman–Crippen MR) is 93.4 cm³/mol. The first-order valence-electron chi connectivity index (χ1n) is 8.20. The van der Waals surface area contributed by atoms with Crippen molar-refractivity contribution in [2.45, 2.75) is 26.3 Å². The number of methoxy groups -OCH3 is 2. The number of unbranched alkanes of at least 4 members (excludes halogenated alkanes) is 1. The van der Waals surface area contributed by atoms with Crippen LogP contribution in [-0.4, -0.2) is 32.7 Å². The fraction of sp³-hybridized carbons (Fsp3) is 0.368. The van der Waals surface area contributed by atoms with E-state index in [2.05, 4.69) is 12.2 Å². The summed E-state index contributed by atoms with van der Waals surface area (Å²) in [5, 5.41) is 3.30. The molecule has 2 aromatic rings. The molecule has 0 aliphatic rings. The lowest BCUT2D eigenvalue weighted by Crippen LogP contribution is -2.13. The van der Waals surface area contributed by atoms with E-state index in [-0.39, 0.29) is 11.1 Å². The van der Waals surface area contributed by atoms with Gasteiger partial charge in [-0.05, 0) is 43.3 Å². The highest BCUT2D eigenvalue weighted by molar-refractivity contribution is 5.97. The third-order valence-electron chi connectivity index (χ3n) is 3.73. The van der Waals surface area contributed by atoms with E-state index in [4.69, 9.17) is 13.9 Å². The Hall–Kier alpha value is -2.60. The average molecular weight is 345 g/mol. The molecule has 1 aromatic carbocycles. The van der Waals surface area contributed by atoms with Crippen molar-refractivity contribution in [2.75, 3.05) is 20.8 Å². The molecule has 0 unspecified atom stereocenters. The zero-order valence-corrected chi connectivity index (χ0v) is 14.8. The molecule has 6 heteroatoms. The number of nitrogens with one attached hydrogen (secondary N) is 1. The smallest absolute Gasteiger partial charge is 0.337 e. The second-order valence-electron chi connectivity index (χ2n) is 5.58. The molecule has 0 bridgehead atoms. The summed E-state index contributed by atoms with van der Waals surface area (Å²) in [6.45, 7) is 3.69. The van der Waals surface area contributed by atoms with Crippen LogP contribution < -0.4 is 5.32 Å². The number of rotatable bonds is 8. The minimum Gasteiger partial charge on any atom is -0.465 e. The van der Waals surface area contributed by atoms with Crippen LogP contribution in [-0.2, 0) is 16.0 Å². The van der Waals surface area contributed by atoms with Gasteiger partial charge < -0.3 is 19.2 Å². The van der Waals surface area contributed by atoms with E-state index in [1.807, 2.05) is 12.1 Å². The molecule has 6 nitrogen and oxygen atoms in total. The molecule has 0 aliphatic heterocycles. The normalized spacial score (nSPS) is 10.5. The quantitative estimate of drug-likeness (QED) is 0.583. The molecule has 0 amide bonds.